The van der Waals surface area contributed by atoms with E-state index in [0.717, 1.165) is 23.3 Å². The highest BCUT2D eigenvalue weighted by Gasteiger charge is 2.21. The van der Waals surface area contributed by atoms with E-state index in [1.54, 1.807) is 29.8 Å². The first-order chi connectivity index (χ1) is 20.6. The number of nitrogens with one attached hydrogen (secondary N) is 1. The lowest BCUT2D eigenvalue weighted by atomic mass is 10.0. The fraction of sp³-hybridized carbons (Fsp3) is 0.364. The topological polar surface area (TPSA) is 94.9 Å². The molecule has 0 fully saturated rings. The number of carbonyl (C=O) groups excluding carboxylic acids is 2. The Labute approximate surface area is 256 Å². The number of halogens is 1. The van der Waals surface area contributed by atoms with Crippen LogP contribution in [0.4, 0.5) is 10.1 Å². The summed E-state index contributed by atoms with van der Waals surface area (Å²) in [6.45, 7) is 7.27. The van der Waals surface area contributed by atoms with Gasteiger partial charge in [-0.1, -0.05) is 37.6 Å². The fourth-order valence-electron chi connectivity index (χ4n) is 4.74. The number of thioether (sulfide) groups is 1. The third kappa shape index (κ3) is 8.89. The maximum absolute atomic E-state index is 13.8. The highest BCUT2D eigenvalue weighted by atomic mass is 32.2. The molecule has 2 amide bonds. The standard InChI is InChI=1S/C33H41FN4O4S/c1-6-9-10-30(43-15-7-2)29(40)21-36(4)19-24-16-26-31(28(17-24)37(5)22-39)38(8-3)20-27(32(26)41)33(42)35-18-23-11-13-25(34)14-12-23/h7,10-17,20,22,29,40H,6,8-9,18-19,21H2,1-5H3,(H,35,42)/b15-7-,30-10+/t29-/m1/s1. The highest BCUT2D eigenvalue weighted by molar-refractivity contribution is 8.05. The van der Waals surface area contributed by atoms with Crippen LogP contribution in [0.5, 0.6) is 0 Å². The fourth-order valence-corrected chi connectivity index (χ4v) is 5.48. The summed E-state index contributed by atoms with van der Waals surface area (Å²) in [6, 6.07) is 9.39. The van der Waals surface area contributed by atoms with Crippen molar-refractivity contribution >= 4 is 40.7 Å². The zero-order valence-electron chi connectivity index (χ0n) is 25.5. The lowest BCUT2D eigenvalue weighted by Gasteiger charge is -2.24. The quantitative estimate of drug-likeness (QED) is 0.224. The number of amides is 2. The third-order valence-electron chi connectivity index (χ3n) is 6.94. The Balaban J connectivity index is 1.98. The molecule has 1 heterocycles. The molecule has 8 nitrogen and oxygen atoms in total. The summed E-state index contributed by atoms with van der Waals surface area (Å²) in [5, 5.41) is 16.0. The number of likely N-dealkylation sites (N-methyl/N-ethyl adjacent to an activating group) is 1. The van der Waals surface area contributed by atoms with Crippen molar-refractivity contribution in [3.63, 3.8) is 0 Å². The molecular formula is C33H41FN4O4S. The van der Waals surface area contributed by atoms with Crippen LogP contribution in [0.2, 0.25) is 0 Å². The van der Waals surface area contributed by atoms with Crippen molar-refractivity contribution in [2.24, 2.45) is 0 Å². The van der Waals surface area contributed by atoms with Gasteiger partial charge in [0.05, 0.1) is 17.3 Å². The van der Waals surface area contributed by atoms with Gasteiger partial charge in [0, 0.05) is 49.7 Å². The van der Waals surface area contributed by atoms with Crippen LogP contribution >= 0.6 is 11.8 Å². The van der Waals surface area contributed by atoms with Gasteiger partial charge < -0.3 is 19.9 Å². The van der Waals surface area contributed by atoms with E-state index >= 15 is 0 Å². The van der Waals surface area contributed by atoms with Gasteiger partial charge in [-0.3, -0.25) is 19.3 Å². The summed E-state index contributed by atoms with van der Waals surface area (Å²) in [7, 11) is 3.51. The molecule has 3 aromatic rings. The monoisotopic (exact) mass is 608 g/mol. The number of pyridine rings is 1. The highest BCUT2D eigenvalue weighted by Crippen LogP contribution is 2.28. The minimum Gasteiger partial charge on any atom is -0.387 e. The summed E-state index contributed by atoms with van der Waals surface area (Å²) in [5.41, 5.74) is 2.08. The van der Waals surface area contributed by atoms with E-state index in [4.69, 9.17) is 0 Å². The van der Waals surface area contributed by atoms with Crippen molar-refractivity contribution < 1.29 is 19.1 Å². The Morgan fingerprint density at radius 2 is 1.88 bits per heavy atom. The van der Waals surface area contributed by atoms with Crippen molar-refractivity contribution in [1.82, 2.24) is 14.8 Å². The van der Waals surface area contributed by atoms with Gasteiger partial charge in [0.2, 0.25) is 11.8 Å². The molecule has 10 heteroatoms. The number of hydrogen-bond acceptors (Lipinski definition) is 6. The summed E-state index contributed by atoms with van der Waals surface area (Å²) < 4.78 is 15.1. The number of rotatable bonds is 15. The maximum Gasteiger partial charge on any atom is 0.257 e. The number of benzene rings is 2. The van der Waals surface area contributed by atoms with Gasteiger partial charge in [-0.2, -0.15) is 0 Å². The van der Waals surface area contributed by atoms with Crippen LogP contribution in [-0.2, 0) is 24.4 Å². The number of aryl methyl sites for hydroxylation is 1. The van der Waals surface area contributed by atoms with Gasteiger partial charge in [0.25, 0.3) is 5.91 Å². The van der Waals surface area contributed by atoms with Gasteiger partial charge in [-0.15, -0.1) is 11.8 Å². The smallest absolute Gasteiger partial charge is 0.257 e. The van der Waals surface area contributed by atoms with Crippen molar-refractivity contribution in [3.8, 4) is 0 Å². The lowest BCUT2D eigenvalue weighted by molar-refractivity contribution is -0.107. The number of aliphatic hydroxyl groups is 1. The molecular weight excluding hydrogens is 567 g/mol. The molecule has 0 radical (unpaired) electrons. The largest absolute Gasteiger partial charge is 0.387 e. The van der Waals surface area contributed by atoms with Gasteiger partial charge in [-0.25, -0.2) is 4.39 Å². The molecule has 0 saturated carbocycles. The molecule has 0 unspecified atom stereocenters. The first-order valence-corrected chi connectivity index (χ1v) is 15.3. The number of anilines is 1. The molecule has 0 spiro atoms. The third-order valence-corrected chi connectivity index (χ3v) is 8.06. The molecule has 3 rings (SSSR count). The van der Waals surface area contributed by atoms with E-state index in [-0.39, 0.29) is 17.9 Å². The van der Waals surface area contributed by atoms with Crippen LogP contribution in [0, 0.1) is 5.82 Å². The van der Waals surface area contributed by atoms with Gasteiger partial charge in [0.1, 0.15) is 11.4 Å². The minimum absolute atomic E-state index is 0.0243. The molecule has 0 saturated heterocycles. The number of nitrogens with zero attached hydrogens (tertiary/aromatic N) is 3. The van der Waals surface area contributed by atoms with Crippen LogP contribution in [0.15, 0.2) is 69.9 Å². The Bertz CT molecular complexity index is 1530. The minimum atomic E-state index is -0.691. The number of hydrogen-bond donors (Lipinski definition) is 2. The van der Waals surface area contributed by atoms with Crippen LogP contribution in [0.3, 0.4) is 0 Å². The molecule has 0 aliphatic rings. The molecule has 1 atom stereocenters. The van der Waals surface area contributed by atoms with Gasteiger partial charge in [-0.05, 0) is 68.1 Å². The number of carbonyl (C=O) groups is 2. The van der Waals surface area contributed by atoms with Gasteiger partial charge >= 0.3 is 0 Å². The van der Waals surface area contributed by atoms with E-state index in [0.29, 0.717) is 48.2 Å². The molecule has 2 N–H and O–H groups in total. The first kappa shape index (κ1) is 33.8. The van der Waals surface area contributed by atoms with Crippen molar-refractivity contribution in [3.05, 3.63) is 97.8 Å². The Morgan fingerprint density at radius 3 is 2.51 bits per heavy atom. The number of aliphatic hydroxyl groups excluding tert-OH is 1. The van der Waals surface area contributed by atoms with Crippen LogP contribution in [0.25, 0.3) is 10.9 Å². The summed E-state index contributed by atoms with van der Waals surface area (Å²) in [6.07, 6.45) is 7.35. The van der Waals surface area contributed by atoms with Gasteiger partial charge in [0.15, 0.2) is 0 Å². The Kier molecular flexibility index (Phi) is 12.7. The molecule has 230 valence electrons. The van der Waals surface area contributed by atoms with E-state index < -0.39 is 17.4 Å². The van der Waals surface area contributed by atoms with Crippen LogP contribution in [-0.4, -0.2) is 53.6 Å². The lowest BCUT2D eigenvalue weighted by Crippen LogP contribution is -2.31. The number of allylic oxidation sites excluding steroid dienone is 2. The molecule has 0 aliphatic carbocycles. The number of fused-ring (bicyclic) bond motifs is 1. The molecule has 0 aliphatic heterocycles. The van der Waals surface area contributed by atoms with Crippen LogP contribution < -0.4 is 15.6 Å². The predicted molar refractivity (Wildman–Crippen MR) is 174 cm³/mol. The van der Waals surface area contributed by atoms with E-state index in [1.165, 1.54) is 35.0 Å². The van der Waals surface area contributed by atoms with Crippen molar-refractivity contribution in [2.75, 3.05) is 25.5 Å². The normalized spacial score (nSPS) is 12.7. The second-order valence-electron chi connectivity index (χ2n) is 10.4. The second kappa shape index (κ2) is 16.2. The molecule has 2 aromatic carbocycles. The molecule has 1 aromatic heterocycles. The van der Waals surface area contributed by atoms with Crippen LogP contribution in [0.1, 0.15) is 55.1 Å². The second-order valence-corrected chi connectivity index (χ2v) is 11.4. The average molecular weight is 609 g/mol. The van der Waals surface area contributed by atoms with Crippen molar-refractivity contribution in [1.29, 1.82) is 0 Å². The Morgan fingerprint density at radius 1 is 1.16 bits per heavy atom. The van der Waals surface area contributed by atoms with E-state index in [9.17, 15) is 23.9 Å². The molecule has 43 heavy (non-hydrogen) atoms. The summed E-state index contributed by atoms with van der Waals surface area (Å²) >= 11 is 1.50. The zero-order chi connectivity index (χ0) is 31.5. The SMILES string of the molecule is C/C=C\S/C(=C/CCC)[C@H](O)CN(C)Cc1cc(N(C)C=O)c2c(c1)c(=O)c(C(=O)NCc1ccc(F)cc1)cn2CC. The Hall–Kier alpha value is -3.73. The predicted octanol–water partition coefficient (Wildman–Crippen LogP) is 5.43. The zero-order valence-corrected chi connectivity index (χ0v) is 26.3. The number of unbranched alkanes of at least 4 members (excludes halogenated alkanes) is 1. The van der Waals surface area contributed by atoms with E-state index in [2.05, 4.69) is 18.3 Å². The summed E-state index contributed by atoms with van der Waals surface area (Å²) in [4.78, 5) is 43.1. The van der Waals surface area contributed by atoms with Crippen molar-refractivity contribution in [2.45, 2.75) is 59.4 Å². The molecule has 0 bridgehead atoms. The first-order valence-electron chi connectivity index (χ1n) is 14.4. The maximum atomic E-state index is 13.8. The van der Waals surface area contributed by atoms with E-state index in [1.807, 2.05) is 43.3 Å². The summed E-state index contributed by atoms with van der Waals surface area (Å²) in [5.74, 6) is -0.914. The average Bonchev–Trinajstić information content (AvgIpc) is 3.00. The number of aromatic nitrogens is 1.